The molecule has 4 nitrogen and oxygen atoms in total. The number of nitrogen functional groups attached to an aromatic ring is 1. The molecule has 3 aliphatic rings. The first-order chi connectivity index (χ1) is 9.88. The lowest BCUT2D eigenvalue weighted by Crippen LogP contribution is -2.30. The van der Waals surface area contributed by atoms with Gasteiger partial charge in [0.2, 0.25) is 10.0 Å². The van der Waals surface area contributed by atoms with E-state index in [1.165, 1.54) is 32.3 Å². The van der Waals surface area contributed by atoms with E-state index in [9.17, 15) is 12.8 Å². The molecule has 4 unspecified atom stereocenters. The van der Waals surface area contributed by atoms with Gasteiger partial charge in [-0.25, -0.2) is 17.5 Å². The van der Waals surface area contributed by atoms with Gasteiger partial charge in [0, 0.05) is 17.3 Å². The third-order valence-corrected chi connectivity index (χ3v) is 7.13. The zero-order valence-corrected chi connectivity index (χ0v) is 12.7. The molecule has 3 aliphatic carbocycles. The van der Waals surface area contributed by atoms with E-state index >= 15 is 0 Å². The van der Waals surface area contributed by atoms with Crippen molar-refractivity contribution in [3.8, 4) is 0 Å². The number of sulfonamides is 1. The largest absolute Gasteiger partial charge is 0.398 e. The lowest BCUT2D eigenvalue weighted by molar-refractivity contribution is 0.456. The quantitative estimate of drug-likeness (QED) is 0.839. The van der Waals surface area contributed by atoms with Crippen LogP contribution in [0.1, 0.15) is 24.8 Å². The third-order valence-electron chi connectivity index (χ3n) is 5.69. The molecule has 3 fully saturated rings. The highest BCUT2D eigenvalue weighted by molar-refractivity contribution is 7.89. The van der Waals surface area contributed by atoms with Gasteiger partial charge in [0.1, 0.15) is 5.82 Å². The van der Waals surface area contributed by atoms with Crippen molar-refractivity contribution in [1.82, 2.24) is 4.72 Å². The molecule has 0 amide bonds. The monoisotopic (exact) mass is 310 g/mol. The number of nitrogens with two attached hydrogens (primary N) is 1. The summed E-state index contributed by atoms with van der Waals surface area (Å²) in [6, 6.07) is 2.45. The van der Waals surface area contributed by atoms with E-state index in [2.05, 4.69) is 4.72 Å². The summed E-state index contributed by atoms with van der Waals surface area (Å²) in [5.74, 6) is 1.81. The Bertz CT molecular complexity index is 679. The van der Waals surface area contributed by atoms with Crippen LogP contribution in [-0.4, -0.2) is 14.5 Å². The van der Waals surface area contributed by atoms with Crippen molar-refractivity contribution >= 4 is 15.7 Å². The summed E-state index contributed by atoms with van der Waals surface area (Å²) in [7, 11) is -3.69. The van der Waals surface area contributed by atoms with Crippen molar-refractivity contribution in [2.75, 3.05) is 5.73 Å². The molecule has 2 bridgehead atoms. The molecule has 4 rings (SSSR count). The summed E-state index contributed by atoms with van der Waals surface area (Å²) in [4.78, 5) is -0.0691. The van der Waals surface area contributed by atoms with Crippen LogP contribution in [0.3, 0.4) is 0 Å². The van der Waals surface area contributed by atoms with Crippen LogP contribution in [0.4, 0.5) is 10.1 Å². The Morgan fingerprint density at radius 3 is 2.43 bits per heavy atom. The number of hydrogen-bond donors (Lipinski definition) is 2. The molecule has 6 heteroatoms. The Morgan fingerprint density at radius 1 is 1.24 bits per heavy atom. The van der Waals surface area contributed by atoms with Crippen LogP contribution in [0.25, 0.3) is 0 Å². The highest BCUT2D eigenvalue weighted by atomic mass is 32.2. The van der Waals surface area contributed by atoms with Crippen molar-refractivity contribution in [3.05, 3.63) is 23.5 Å². The summed E-state index contributed by atoms with van der Waals surface area (Å²) in [5.41, 5.74) is 6.14. The van der Waals surface area contributed by atoms with Crippen LogP contribution in [0.2, 0.25) is 0 Å². The fourth-order valence-corrected chi connectivity index (χ4v) is 5.91. The van der Waals surface area contributed by atoms with Crippen molar-refractivity contribution in [2.45, 2.75) is 37.1 Å². The van der Waals surface area contributed by atoms with E-state index in [1.54, 1.807) is 0 Å². The molecule has 3 N–H and O–H groups in total. The second-order valence-corrected chi connectivity index (χ2v) is 8.47. The highest BCUT2D eigenvalue weighted by Gasteiger charge is 2.65. The lowest BCUT2D eigenvalue weighted by Gasteiger charge is -2.12. The molecule has 0 heterocycles. The second-order valence-electron chi connectivity index (χ2n) is 6.75. The summed E-state index contributed by atoms with van der Waals surface area (Å²) in [6.07, 6.45) is 3.73. The molecule has 0 aliphatic heterocycles. The van der Waals surface area contributed by atoms with Crippen molar-refractivity contribution in [3.63, 3.8) is 0 Å². The first-order valence-electron chi connectivity index (χ1n) is 7.46. The maximum Gasteiger partial charge on any atom is 0.241 e. The number of rotatable bonds is 3. The fraction of sp³-hybridized carbons (Fsp3) is 0.600. The highest BCUT2D eigenvalue weighted by Crippen LogP contribution is 2.65. The molecule has 0 aromatic heterocycles. The van der Waals surface area contributed by atoms with E-state index in [-0.39, 0.29) is 22.2 Å². The number of halogens is 1. The van der Waals surface area contributed by atoms with Gasteiger partial charge in [-0.2, -0.15) is 0 Å². The average Bonchev–Trinajstić information content (AvgIpc) is 2.83. The Kier molecular flexibility index (Phi) is 2.70. The van der Waals surface area contributed by atoms with Crippen LogP contribution in [-0.2, 0) is 10.0 Å². The molecule has 0 radical (unpaired) electrons. The summed E-state index contributed by atoms with van der Waals surface area (Å²) in [5, 5.41) is 0. The zero-order valence-electron chi connectivity index (χ0n) is 11.8. The summed E-state index contributed by atoms with van der Waals surface area (Å²) in [6.45, 7) is 1.54. The van der Waals surface area contributed by atoms with E-state index in [1.807, 2.05) is 0 Å². The first kappa shape index (κ1) is 13.5. The number of hydrogen-bond acceptors (Lipinski definition) is 3. The first-order valence-corrected chi connectivity index (χ1v) is 8.95. The van der Waals surface area contributed by atoms with E-state index in [4.69, 9.17) is 5.73 Å². The van der Waals surface area contributed by atoms with Gasteiger partial charge in [0.05, 0.1) is 4.90 Å². The van der Waals surface area contributed by atoms with Gasteiger partial charge >= 0.3 is 0 Å². The maximum absolute atomic E-state index is 13.7. The number of fused-ring (bicyclic) bond motifs is 5. The molecule has 0 spiro atoms. The minimum absolute atomic E-state index is 0.0480. The van der Waals surface area contributed by atoms with Gasteiger partial charge in [-0.3, -0.25) is 0 Å². The summed E-state index contributed by atoms with van der Waals surface area (Å²) >= 11 is 0. The molecular weight excluding hydrogens is 291 g/mol. The molecule has 4 atom stereocenters. The van der Waals surface area contributed by atoms with Gasteiger partial charge in [-0.05, 0) is 62.0 Å². The minimum atomic E-state index is -3.69. The Balaban J connectivity index is 1.58. The lowest BCUT2D eigenvalue weighted by atomic mass is 10.0. The smallest absolute Gasteiger partial charge is 0.241 e. The van der Waals surface area contributed by atoms with Gasteiger partial charge in [-0.1, -0.05) is 0 Å². The predicted octanol–water partition coefficient (Wildman–Crippen LogP) is 2.04. The van der Waals surface area contributed by atoms with Crippen molar-refractivity contribution in [1.29, 1.82) is 0 Å². The van der Waals surface area contributed by atoms with Gasteiger partial charge < -0.3 is 5.73 Å². The van der Waals surface area contributed by atoms with E-state index < -0.39 is 15.8 Å². The molecule has 114 valence electrons. The standard InChI is InChI=1S/C15H19FN2O2S/c1-7-11(16)5-10(6-12(7)17)21(19,20)18-15-13-8-2-3-9(4-8)14(13)15/h5-6,8-9,13-15,18H,2-4,17H2,1H3. The molecular formula is C15H19FN2O2S. The van der Waals surface area contributed by atoms with E-state index in [0.29, 0.717) is 23.7 Å². The Hall–Kier alpha value is -1.14. The van der Waals surface area contributed by atoms with Crippen LogP contribution in [0, 0.1) is 36.4 Å². The Labute approximate surface area is 124 Å². The van der Waals surface area contributed by atoms with Crippen LogP contribution < -0.4 is 10.5 Å². The molecule has 3 saturated carbocycles. The fourth-order valence-electron chi connectivity index (χ4n) is 4.56. The van der Waals surface area contributed by atoms with Crippen LogP contribution >= 0.6 is 0 Å². The topological polar surface area (TPSA) is 72.2 Å². The zero-order chi connectivity index (χ0) is 14.9. The van der Waals surface area contributed by atoms with Gasteiger partial charge in [0.15, 0.2) is 0 Å². The van der Waals surface area contributed by atoms with Crippen LogP contribution in [0.15, 0.2) is 17.0 Å². The number of nitrogens with one attached hydrogen (secondary N) is 1. The predicted molar refractivity (Wildman–Crippen MR) is 77.5 cm³/mol. The number of benzene rings is 1. The van der Waals surface area contributed by atoms with Crippen molar-refractivity contribution < 1.29 is 12.8 Å². The molecule has 1 aromatic rings. The molecule has 21 heavy (non-hydrogen) atoms. The third kappa shape index (κ3) is 1.92. The SMILES string of the molecule is Cc1c(N)cc(S(=O)(=O)NC2C3C4CCC(C4)C23)cc1F. The van der Waals surface area contributed by atoms with E-state index in [0.717, 1.165) is 6.07 Å². The maximum atomic E-state index is 13.7. The Morgan fingerprint density at radius 2 is 1.86 bits per heavy atom. The van der Waals surface area contributed by atoms with Gasteiger partial charge in [0.25, 0.3) is 0 Å². The average molecular weight is 310 g/mol. The molecule has 0 saturated heterocycles. The summed E-state index contributed by atoms with van der Waals surface area (Å²) < 4.78 is 41.3. The number of anilines is 1. The minimum Gasteiger partial charge on any atom is -0.398 e. The van der Waals surface area contributed by atoms with Gasteiger partial charge in [-0.15, -0.1) is 0 Å². The second kappa shape index (κ2) is 4.20. The van der Waals surface area contributed by atoms with Crippen LogP contribution in [0.5, 0.6) is 0 Å². The molecule has 1 aromatic carbocycles. The van der Waals surface area contributed by atoms with Crippen molar-refractivity contribution in [2.24, 2.45) is 23.7 Å². The normalized spacial score (nSPS) is 36.8.